The molecule has 0 N–H and O–H groups in total. The fourth-order valence-corrected chi connectivity index (χ4v) is 3.38. The molecule has 0 aromatic carbocycles. The van der Waals surface area contributed by atoms with E-state index < -0.39 is 0 Å². The largest absolute Gasteiger partial charge is 0.356 e. The summed E-state index contributed by atoms with van der Waals surface area (Å²) in [6, 6.07) is 4.62. The molecule has 2 rings (SSSR count). The number of hydrogen-bond donors (Lipinski definition) is 0. The Morgan fingerprint density at radius 1 is 1.30 bits per heavy atom. The van der Waals surface area contributed by atoms with E-state index in [0.717, 1.165) is 17.8 Å². The van der Waals surface area contributed by atoms with Gasteiger partial charge in [0.2, 0.25) is 0 Å². The molecule has 5 heteroatoms. The molecule has 0 saturated heterocycles. The average Bonchev–Trinajstić information content (AvgIpc) is 2.89. The molecule has 2 aromatic rings. The minimum atomic E-state index is 0.301. The maximum absolute atomic E-state index is 6.24. The topological polar surface area (TPSA) is 29.0 Å². The molecule has 2 heterocycles. The summed E-state index contributed by atoms with van der Waals surface area (Å²) in [5.41, 5.74) is 1.02. The van der Waals surface area contributed by atoms with Gasteiger partial charge in [0.15, 0.2) is 0 Å². The zero-order valence-electron chi connectivity index (χ0n) is 12.3. The van der Waals surface area contributed by atoms with E-state index in [9.17, 15) is 0 Å². The summed E-state index contributed by atoms with van der Waals surface area (Å²) < 4.78 is 0. The Hall–Kier alpha value is -1.13. The molecule has 0 aliphatic heterocycles. The van der Waals surface area contributed by atoms with E-state index in [1.54, 1.807) is 11.3 Å². The molecule has 1 atom stereocenters. The first-order chi connectivity index (χ1) is 9.50. The standard InChI is InChI=1S/C15H20ClN3S/c1-10(2)13-14(16)17-9-18-15(13)19(4)11(3)8-12-6-5-7-20-12/h5-7,9-11H,8H2,1-4H3. The van der Waals surface area contributed by atoms with Crippen molar-refractivity contribution in [3.63, 3.8) is 0 Å². The summed E-state index contributed by atoms with van der Waals surface area (Å²) in [5, 5.41) is 2.67. The van der Waals surface area contributed by atoms with E-state index in [2.05, 4.69) is 60.2 Å². The Balaban J connectivity index is 2.24. The molecule has 0 bridgehead atoms. The minimum absolute atomic E-state index is 0.301. The van der Waals surface area contributed by atoms with Crippen LogP contribution in [0.4, 0.5) is 5.82 Å². The van der Waals surface area contributed by atoms with Crippen LogP contribution in [-0.4, -0.2) is 23.1 Å². The molecular weight excluding hydrogens is 290 g/mol. The lowest BCUT2D eigenvalue weighted by Gasteiger charge is -2.28. The van der Waals surface area contributed by atoms with Crippen molar-refractivity contribution in [2.24, 2.45) is 0 Å². The molecule has 0 spiro atoms. The minimum Gasteiger partial charge on any atom is -0.356 e. The first-order valence-electron chi connectivity index (χ1n) is 6.76. The van der Waals surface area contributed by atoms with Crippen molar-refractivity contribution in [2.75, 3.05) is 11.9 Å². The number of thiophene rings is 1. The predicted octanol–water partition coefficient (Wildman–Crippen LogP) is 4.38. The molecule has 0 aliphatic carbocycles. The van der Waals surface area contributed by atoms with Gasteiger partial charge in [-0.2, -0.15) is 0 Å². The molecule has 0 radical (unpaired) electrons. The van der Waals surface area contributed by atoms with Crippen LogP contribution in [0.1, 0.15) is 37.1 Å². The molecule has 0 saturated carbocycles. The van der Waals surface area contributed by atoms with Crippen LogP contribution in [0.15, 0.2) is 23.8 Å². The summed E-state index contributed by atoms with van der Waals surface area (Å²) in [7, 11) is 2.07. The first-order valence-corrected chi connectivity index (χ1v) is 8.02. The predicted molar refractivity (Wildman–Crippen MR) is 87.0 cm³/mol. The monoisotopic (exact) mass is 309 g/mol. The Kier molecular flexibility index (Phi) is 5.00. The third-order valence-corrected chi connectivity index (χ3v) is 4.66. The van der Waals surface area contributed by atoms with Gasteiger partial charge in [0.05, 0.1) is 0 Å². The highest BCUT2D eigenvalue weighted by atomic mass is 35.5. The summed E-state index contributed by atoms with van der Waals surface area (Å²) >= 11 is 8.03. The fraction of sp³-hybridized carbons (Fsp3) is 0.467. The summed E-state index contributed by atoms with van der Waals surface area (Å²) in [6.45, 7) is 6.44. The maximum Gasteiger partial charge on any atom is 0.138 e. The summed E-state index contributed by atoms with van der Waals surface area (Å²) in [4.78, 5) is 12.1. The van der Waals surface area contributed by atoms with Gasteiger partial charge in [-0.1, -0.05) is 31.5 Å². The summed E-state index contributed by atoms with van der Waals surface area (Å²) in [6.07, 6.45) is 2.55. The van der Waals surface area contributed by atoms with Crippen LogP contribution in [-0.2, 0) is 6.42 Å². The van der Waals surface area contributed by atoms with E-state index in [-0.39, 0.29) is 0 Å². The third-order valence-electron chi connectivity index (χ3n) is 3.46. The van der Waals surface area contributed by atoms with Crippen molar-refractivity contribution >= 4 is 28.8 Å². The Morgan fingerprint density at radius 3 is 2.65 bits per heavy atom. The van der Waals surface area contributed by atoms with Crippen molar-refractivity contribution in [1.82, 2.24) is 9.97 Å². The third kappa shape index (κ3) is 3.30. The number of likely N-dealkylation sites (N-methyl/N-ethyl adjacent to an activating group) is 1. The molecule has 3 nitrogen and oxygen atoms in total. The van der Waals surface area contributed by atoms with Gasteiger partial charge >= 0.3 is 0 Å². The molecule has 0 amide bonds. The van der Waals surface area contributed by atoms with Crippen molar-refractivity contribution in [1.29, 1.82) is 0 Å². The lowest BCUT2D eigenvalue weighted by molar-refractivity contribution is 0.670. The molecule has 1 unspecified atom stereocenters. The van der Waals surface area contributed by atoms with Crippen LogP contribution in [0.3, 0.4) is 0 Å². The Morgan fingerprint density at radius 2 is 2.05 bits per heavy atom. The average molecular weight is 310 g/mol. The van der Waals surface area contributed by atoms with Crippen LogP contribution in [0.25, 0.3) is 0 Å². The van der Waals surface area contributed by atoms with Crippen LogP contribution >= 0.6 is 22.9 Å². The van der Waals surface area contributed by atoms with Crippen molar-refractivity contribution in [3.8, 4) is 0 Å². The van der Waals surface area contributed by atoms with Gasteiger partial charge < -0.3 is 4.90 Å². The highest BCUT2D eigenvalue weighted by Crippen LogP contribution is 2.31. The highest BCUT2D eigenvalue weighted by Gasteiger charge is 2.20. The van der Waals surface area contributed by atoms with Gasteiger partial charge in [0, 0.05) is 30.0 Å². The van der Waals surface area contributed by atoms with Gasteiger partial charge in [-0.05, 0) is 24.3 Å². The Bertz CT molecular complexity index is 554. The fourth-order valence-electron chi connectivity index (χ4n) is 2.21. The van der Waals surface area contributed by atoms with E-state index in [0.29, 0.717) is 17.1 Å². The lowest BCUT2D eigenvalue weighted by atomic mass is 10.0. The maximum atomic E-state index is 6.24. The zero-order chi connectivity index (χ0) is 14.7. The van der Waals surface area contributed by atoms with Crippen LogP contribution < -0.4 is 4.90 Å². The second-order valence-electron chi connectivity index (χ2n) is 5.30. The van der Waals surface area contributed by atoms with Gasteiger partial charge in [0.1, 0.15) is 17.3 Å². The van der Waals surface area contributed by atoms with Crippen LogP contribution in [0.5, 0.6) is 0 Å². The molecule has 0 aliphatic rings. The Labute approximate surface area is 129 Å². The number of hydrogen-bond acceptors (Lipinski definition) is 4. The smallest absolute Gasteiger partial charge is 0.138 e. The number of anilines is 1. The number of halogens is 1. The summed E-state index contributed by atoms with van der Waals surface area (Å²) in [5.74, 6) is 1.24. The van der Waals surface area contributed by atoms with Gasteiger partial charge in [-0.3, -0.25) is 0 Å². The number of aromatic nitrogens is 2. The van der Waals surface area contributed by atoms with Crippen LogP contribution in [0, 0.1) is 0 Å². The molecule has 2 aromatic heterocycles. The second kappa shape index (κ2) is 6.55. The van der Waals surface area contributed by atoms with E-state index >= 15 is 0 Å². The first kappa shape index (κ1) is 15.3. The van der Waals surface area contributed by atoms with E-state index in [4.69, 9.17) is 11.6 Å². The SMILES string of the molecule is CC(C)c1c(Cl)ncnc1N(C)C(C)Cc1cccs1. The van der Waals surface area contributed by atoms with Crippen LogP contribution in [0.2, 0.25) is 5.15 Å². The molecule has 0 fully saturated rings. The van der Waals surface area contributed by atoms with Gasteiger partial charge in [0.25, 0.3) is 0 Å². The second-order valence-corrected chi connectivity index (χ2v) is 6.69. The normalized spacial score (nSPS) is 12.7. The zero-order valence-corrected chi connectivity index (χ0v) is 13.9. The van der Waals surface area contributed by atoms with Gasteiger partial charge in [-0.25, -0.2) is 9.97 Å². The van der Waals surface area contributed by atoms with E-state index in [1.165, 1.54) is 11.2 Å². The van der Waals surface area contributed by atoms with Gasteiger partial charge in [-0.15, -0.1) is 11.3 Å². The van der Waals surface area contributed by atoms with Crippen molar-refractivity contribution < 1.29 is 0 Å². The highest BCUT2D eigenvalue weighted by molar-refractivity contribution is 7.09. The van der Waals surface area contributed by atoms with E-state index in [1.807, 2.05) is 0 Å². The quantitative estimate of drug-likeness (QED) is 0.767. The molecule has 20 heavy (non-hydrogen) atoms. The van der Waals surface area contributed by atoms with Crippen molar-refractivity contribution in [2.45, 2.75) is 39.2 Å². The number of rotatable bonds is 5. The molecular formula is C15H20ClN3S. The lowest BCUT2D eigenvalue weighted by Crippen LogP contribution is -2.32. The molecule has 108 valence electrons. The number of nitrogens with zero attached hydrogens (tertiary/aromatic N) is 3. The van der Waals surface area contributed by atoms with Crippen molar-refractivity contribution in [3.05, 3.63) is 39.4 Å².